The number of para-hydroxylation sites is 1. The molecule has 0 radical (unpaired) electrons. The number of ether oxygens (including phenoxy) is 1. The minimum Gasteiger partial charge on any atom is -0.494 e. The van der Waals surface area contributed by atoms with Gasteiger partial charge in [0.05, 0.1) is 12.2 Å². The third-order valence-corrected chi connectivity index (χ3v) is 6.91. The van der Waals surface area contributed by atoms with Gasteiger partial charge in [-0.3, -0.25) is 4.79 Å². The number of carbonyl (C=O) groups excluding carboxylic acids is 1. The van der Waals surface area contributed by atoms with E-state index < -0.39 is 6.04 Å². The van der Waals surface area contributed by atoms with Gasteiger partial charge in [0.1, 0.15) is 11.8 Å². The Morgan fingerprint density at radius 3 is 2.60 bits per heavy atom. The number of benzene rings is 2. The number of rotatable bonds is 10. The highest BCUT2D eigenvalue weighted by Gasteiger charge is 2.34. The molecule has 2 N–H and O–H groups in total. The zero-order valence-electron chi connectivity index (χ0n) is 20.8. The number of nitrogens with zero attached hydrogens (tertiary/aromatic N) is 3. The molecular weight excluding hydrogens is 458 g/mol. The van der Waals surface area contributed by atoms with E-state index in [1.165, 1.54) is 0 Å². The highest BCUT2D eigenvalue weighted by Crippen LogP contribution is 2.37. The molecule has 0 saturated heterocycles. The topological polar surface area (TPSA) is 81.1 Å². The number of fused-ring (bicyclic) bond motifs is 1. The minimum atomic E-state index is -0.413. The van der Waals surface area contributed by atoms with Crippen molar-refractivity contribution in [3.05, 3.63) is 70.9 Å². The van der Waals surface area contributed by atoms with Gasteiger partial charge in [-0.25, -0.2) is 4.68 Å². The smallest absolute Gasteiger partial charge is 0.255 e. The molecule has 1 aliphatic rings. The maximum absolute atomic E-state index is 13.6. The summed E-state index contributed by atoms with van der Waals surface area (Å²) in [5.41, 5.74) is 4.11. The molecule has 1 unspecified atom stereocenters. The van der Waals surface area contributed by atoms with E-state index in [1.807, 2.05) is 67.1 Å². The van der Waals surface area contributed by atoms with Crippen LogP contribution >= 0.6 is 11.8 Å². The van der Waals surface area contributed by atoms with E-state index in [2.05, 4.69) is 29.5 Å². The van der Waals surface area contributed by atoms with Gasteiger partial charge in [-0.2, -0.15) is 4.98 Å². The van der Waals surface area contributed by atoms with Crippen LogP contribution in [0.1, 0.15) is 57.2 Å². The van der Waals surface area contributed by atoms with Gasteiger partial charge in [-0.05, 0) is 56.0 Å². The first-order chi connectivity index (χ1) is 17.0. The molecule has 2 heterocycles. The largest absolute Gasteiger partial charge is 0.494 e. The lowest BCUT2D eigenvalue weighted by Crippen LogP contribution is -2.31. The molecule has 0 aliphatic carbocycles. The number of nitrogens with one attached hydrogen (secondary N) is 2. The van der Waals surface area contributed by atoms with E-state index in [9.17, 15) is 4.79 Å². The van der Waals surface area contributed by atoms with Crippen molar-refractivity contribution in [2.75, 3.05) is 23.0 Å². The SMILES string of the molecule is CCCCOc1ccc(C2C(C(=O)Nc3ccccc3C)=C(C)Nc3nc(SCCC)nn32)cc1. The molecule has 2 aromatic carbocycles. The lowest BCUT2D eigenvalue weighted by atomic mass is 9.95. The lowest BCUT2D eigenvalue weighted by molar-refractivity contribution is -0.113. The molecule has 0 saturated carbocycles. The van der Waals surface area contributed by atoms with Crippen LogP contribution in [0, 0.1) is 6.92 Å². The van der Waals surface area contributed by atoms with E-state index in [0.717, 1.165) is 53.3 Å². The zero-order chi connectivity index (χ0) is 24.8. The molecule has 1 aromatic heterocycles. The van der Waals surface area contributed by atoms with Gasteiger partial charge in [0.2, 0.25) is 11.1 Å². The molecule has 1 aliphatic heterocycles. The van der Waals surface area contributed by atoms with Crippen molar-refractivity contribution in [2.45, 2.75) is 58.2 Å². The minimum absolute atomic E-state index is 0.165. The molecule has 35 heavy (non-hydrogen) atoms. The van der Waals surface area contributed by atoms with Crippen LogP contribution in [0.5, 0.6) is 5.75 Å². The van der Waals surface area contributed by atoms with E-state index in [4.69, 9.17) is 9.84 Å². The first kappa shape index (κ1) is 24.9. The average molecular weight is 492 g/mol. The monoisotopic (exact) mass is 491 g/mol. The van der Waals surface area contributed by atoms with Crippen molar-refractivity contribution < 1.29 is 9.53 Å². The summed E-state index contributed by atoms with van der Waals surface area (Å²) < 4.78 is 7.68. The van der Waals surface area contributed by atoms with Crippen molar-refractivity contribution in [3.63, 3.8) is 0 Å². The first-order valence-corrected chi connectivity index (χ1v) is 13.2. The fourth-order valence-corrected chi connectivity index (χ4v) is 4.66. The van der Waals surface area contributed by atoms with E-state index in [-0.39, 0.29) is 5.91 Å². The maximum Gasteiger partial charge on any atom is 0.255 e. The molecule has 0 bridgehead atoms. The Kier molecular flexibility index (Phi) is 8.13. The molecule has 1 amide bonds. The quantitative estimate of drug-likeness (QED) is 0.260. The fraction of sp³-hybridized carbons (Fsp3) is 0.370. The Bertz CT molecular complexity index is 1200. The Hall–Kier alpha value is -3.26. The normalized spacial score (nSPS) is 14.9. The zero-order valence-corrected chi connectivity index (χ0v) is 21.6. The number of aryl methyl sites for hydroxylation is 1. The number of anilines is 2. The summed E-state index contributed by atoms with van der Waals surface area (Å²) in [5.74, 6) is 2.23. The lowest BCUT2D eigenvalue weighted by Gasteiger charge is -2.29. The molecule has 8 heteroatoms. The number of unbranched alkanes of at least 4 members (excludes halogenated alkanes) is 1. The highest BCUT2D eigenvalue weighted by molar-refractivity contribution is 7.99. The van der Waals surface area contributed by atoms with Gasteiger partial charge in [0, 0.05) is 17.1 Å². The average Bonchev–Trinajstić information content (AvgIpc) is 3.26. The second-order valence-electron chi connectivity index (χ2n) is 8.62. The molecule has 3 aromatic rings. The van der Waals surface area contributed by atoms with Crippen LogP contribution in [0.3, 0.4) is 0 Å². The predicted molar refractivity (Wildman–Crippen MR) is 142 cm³/mol. The van der Waals surface area contributed by atoms with Crippen molar-refractivity contribution >= 4 is 29.3 Å². The first-order valence-electron chi connectivity index (χ1n) is 12.2. The highest BCUT2D eigenvalue weighted by atomic mass is 32.2. The van der Waals surface area contributed by atoms with Gasteiger partial charge >= 0.3 is 0 Å². The number of hydrogen-bond donors (Lipinski definition) is 2. The van der Waals surface area contributed by atoms with Gasteiger partial charge in [0.25, 0.3) is 5.91 Å². The van der Waals surface area contributed by atoms with Crippen molar-refractivity contribution in [1.82, 2.24) is 14.8 Å². The van der Waals surface area contributed by atoms with E-state index in [1.54, 1.807) is 11.8 Å². The molecule has 0 spiro atoms. The predicted octanol–water partition coefficient (Wildman–Crippen LogP) is 6.20. The number of carbonyl (C=O) groups is 1. The van der Waals surface area contributed by atoms with E-state index in [0.29, 0.717) is 23.3 Å². The summed E-state index contributed by atoms with van der Waals surface area (Å²) >= 11 is 1.62. The van der Waals surface area contributed by atoms with E-state index >= 15 is 0 Å². The maximum atomic E-state index is 13.6. The number of aromatic nitrogens is 3. The van der Waals surface area contributed by atoms with Crippen molar-refractivity contribution in [3.8, 4) is 5.75 Å². The van der Waals surface area contributed by atoms with Crippen LogP contribution in [0.2, 0.25) is 0 Å². The molecule has 1 atom stereocenters. The Morgan fingerprint density at radius 2 is 1.89 bits per heavy atom. The van der Waals surface area contributed by atoms with Crippen LogP contribution in [-0.2, 0) is 4.79 Å². The molecule has 7 nitrogen and oxygen atoms in total. The molecular formula is C27H33N5O2S. The number of hydrogen-bond acceptors (Lipinski definition) is 6. The van der Waals surface area contributed by atoms with Crippen molar-refractivity contribution in [1.29, 1.82) is 0 Å². The summed E-state index contributed by atoms with van der Waals surface area (Å²) in [7, 11) is 0. The summed E-state index contributed by atoms with van der Waals surface area (Å²) in [6, 6.07) is 15.3. The second kappa shape index (κ2) is 11.4. The second-order valence-corrected chi connectivity index (χ2v) is 9.68. The molecule has 4 rings (SSSR count). The summed E-state index contributed by atoms with van der Waals surface area (Å²) in [6.07, 6.45) is 3.14. The summed E-state index contributed by atoms with van der Waals surface area (Å²) in [5, 5.41) is 11.9. The third-order valence-electron chi connectivity index (χ3n) is 5.87. The third kappa shape index (κ3) is 5.70. The summed E-state index contributed by atoms with van der Waals surface area (Å²) in [6.45, 7) is 8.87. The number of allylic oxidation sites excluding steroid dienone is 1. The Morgan fingerprint density at radius 1 is 1.11 bits per heavy atom. The van der Waals surface area contributed by atoms with Crippen LogP contribution < -0.4 is 15.4 Å². The van der Waals surface area contributed by atoms with Gasteiger partial charge in [-0.15, -0.1) is 5.10 Å². The number of thioether (sulfide) groups is 1. The Labute approximate surface area is 211 Å². The fourth-order valence-electron chi connectivity index (χ4n) is 3.97. The van der Waals surface area contributed by atoms with Gasteiger partial charge in [-0.1, -0.05) is 62.4 Å². The summed E-state index contributed by atoms with van der Waals surface area (Å²) in [4.78, 5) is 18.3. The molecule has 0 fully saturated rings. The standard InChI is InChI=1S/C27H33N5O2S/c1-5-7-16-34-21-14-12-20(13-15-21)24-23(25(33)29-22-11-9-8-10-18(22)3)19(4)28-26-30-27(31-32(24)26)35-17-6-2/h8-15,24H,5-7,16-17H2,1-4H3,(H,29,33)(H,28,30,31). The number of amides is 1. The Balaban J connectivity index is 1.70. The van der Waals surface area contributed by atoms with Crippen LogP contribution in [0.15, 0.2) is 65.0 Å². The van der Waals surface area contributed by atoms with Gasteiger partial charge < -0.3 is 15.4 Å². The van der Waals surface area contributed by atoms with Crippen molar-refractivity contribution in [2.24, 2.45) is 0 Å². The van der Waals surface area contributed by atoms with Crippen LogP contribution in [-0.4, -0.2) is 33.0 Å². The van der Waals surface area contributed by atoms with Crippen LogP contribution in [0.4, 0.5) is 11.6 Å². The van der Waals surface area contributed by atoms with Gasteiger partial charge in [0.15, 0.2) is 0 Å². The molecule has 184 valence electrons. The van der Waals surface area contributed by atoms with Crippen LogP contribution in [0.25, 0.3) is 0 Å².